The number of hydrogen-bond acceptors (Lipinski definition) is 5. The van der Waals surface area contributed by atoms with Crippen LogP contribution in [0.3, 0.4) is 0 Å². The Labute approximate surface area is 113 Å². The summed E-state index contributed by atoms with van der Waals surface area (Å²) in [5.41, 5.74) is 0.470. The van der Waals surface area contributed by atoms with Crippen molar-refractivity contribution in [2.75, 3.05) is 18.5 Å². The Morgan fingerprint density at radius 3 is 3.05 bits per heavy atom. The largest absolute Gasteiger partial charge is 0.462 e. The third-order valence-electron chi connectivity index (χ3n) is 3.17. The molecule has 0 spiro atoms. The van der Waals surface area contributed by atoms with Crippen molar-refractivity contribution in [3.8, 4) is 0 Å². The van der Waals surface area contributed by atoms with Crippen LogP contribution >= 0.6 is 0 Å². The first kappa shape index (κ1) is 13.8. The fourth-order valence-electron chi connectivity index (χ4n) is 2.14. The molecule has 5 nitrogen and oxygen atoms in total. The molecule has 1 aromatic rings. The van der Waals surface area contributed by atoms with Gasteiger partial charge in [0.05, 0.1) is 24.3 Å². The van der Waals surface area contributed by atoms with Gasteiger partial charge in [0.15, 0.2) is 0 Å². The molecule has 1 N–H and O–H groups in total. The van der Waals surface area contributed by atoms with Gasteiger partial charge < -0.3 is 14.8 Å². The zero-order valence-corrected chi connectivity index (χ0v) is 11.4. The van der Waals surface area contributed by atoms with E-state index in [4.69, 9.17) is 9.47 Å². The van der Waals surface area contributed by atoms with Crippen molar-refractivity contribution in [1.29, 1.82) is 0 Å². The summed E-state index contributed by atoms with van der Waals surface area (Å²) in [5, 5.41) is 3.29. The molecule has 2 heterocycles. The molecule has 2 rings (SSSR count). The molecular formula is C14H20N2O3. The number of anilines is 1. The van der Waals surface area contributed by atoms with E-state index in [-0.39, 0.29) is 18.1 Å². The summed E-state index contributed by atoms with van der Waals surface area (Å²) in [6, 6.07) is 3.72. The summed E-state index contributed by atoms with van der Waals surface area (Å²) in [6.45, 7) is 5.07. The van der Waals surface area contributed by atoms with Crippen molar-refractivity contribution in [2.45, 2.75) is 38.8 Å². The fourth-order valence-corrected chi connectivity index (χ4v) is 2.14. The van der Waals surface area contributed by atoms with Crippen LogP contribution in [-0.4, -0.2) is 36.3 Å². The van der Waals surface area contributed by atoms with Crippen LogP contribution in [0.25, 0.3) is 0 Å². The van der Waals surface area contributed by atoms with Gasteiger partial charge >= 0.3 is 5.97 Å². The van der Waals surface area contributed by atoms with E-state index in [0.29, 0.717) is 12.2 Å². The standard InChI is InChI=1S/C14H20N2O3/c1-3-18-14(17)11-6-7-13(15-9-11)16-10(2)12-5-4-8-19-12/h6-7,9-10,12H,3-5,8H2,1-2H3,(H,15,16). The molecule has 0 aliphatic carbocycles. The summed E-state index contributed by atoms with van der Waals surface area (Å²) in [5.74, 6) is 0.407. The van der Waals surface area contributed by atoms with E-state index in [9.17, 15) is 4.79 Å². The van der Waals surface area contributed by atoms with Crippen LogP contribution in [-0.2, 0) is 9.47 Å². The van der Waals surface area contributed by atoms with E-state index >= 15 is 0 Å². The smallest absolute Gasteiger partial charge is 0.339 e. The molecule has 2 atom stereocenters. The second kappa shape index (κ2) is 6.52. The molecule has 1 saturated heterocycles. The van der Waals surface area contributed by atoms with Gasteiger partial charge in [0.2, 0.25) is 0 Å². The highest BCUT2D eigenvalue weighted by Crippen LogP contribution is 2.18. The first-order valence-corrected chi connectivity index (χ1v) is 6.72. The van der Waals surface area contributed by atoms with Crippen molar-refractivity contribution in [1.82, 2.24) is 4.98 Å². The molecule has 0 amide bonds. The Bertz CT molecular complexity index is 413. The van der Waals surface area contributed by atoms with Crippen molar-refractivity contribution in [2.24, 2.45) is 0 Å². The third kappa shape index (κ3) is 3.67. The van der Waals surface area contributed by atoms with Gasteiger partial charge in [0.1, 0.15) is 5.82 Å². The van der Waals surface area contributed by atoms with Gasteiger partial charge in [-0.1, -0.05) is 0 Å². The molecule has 1 aliphatic rings. The second-order valence-electron chi connectivity index (χ2n) is 4.64. The highest BCUT2D eigenvalue weighted by molar-refractivity contribution is 5.89. The molecule has 5 heteroatoms. The number of ether oxygens (including phenoxy) is 2. The van der Waals surface area contributed by atoms with Crippen LogP contribution in [0.5, 0.6) is 0 Å². The maximum absolute atomic E-state index is 11.5. The van der Waals surface area contributed by atoms with E-state index < -0.39 is 0 Å². The summed E-state index contributed by atoms with van der Waals surface area (Å²) in [6.07, 6.45) is 3.97. The highest BCUT2D eigenvalue weighted by atomic mass is 16.5. The molecule has 1 aliphatic heterocycles. The van der Waals surface area contributed by atoms with Gasteiger partial charge in [-0.3, -0.25) is 0 Å². The average Bonchev–Trinajstić information content (AvgIpc) is 2.94. The molecule has 19 heavy (non-hydrogen) atoms. The van der Waals surface area contributed by atoms with Crippen LogP contribution < -0.4 is 5.32 Å². The number of carbonyl (C=O) groups excluding carboxylic acids is 1. The highest BCUT2D eigenvalue weighted by Gasteiger charge is 2.22. The quantitative estimate of drug-likeness (QED) is 0.826. The van der Waals surface area contributed by atoms with Crippen LogP contribution in [0.1, 0.15) is 37.0 Å². The number of hydrogen-bond donors (Lipinski definition) is 1. The monoisotopic (exact) mass is 264 g/mol. The lowest BCUT2D eigenvalue weighted by Crippen LogP contribution is -2.30. The van der Waals surface area contributed by atoms with Gasteiger partial charge in [-0.2, -0.15) is 0 Å². The lowest BCUT2D eigenvalue weighted by molar-refractivity contribution is 0.0526. The summed E-state index contributed by atoms with van der Waals surface area (Å²) in [7, 11) is 0. The van der Waals surface area contributed by atoms with E-state index in [1.165, 1.54) is 6.20 Å². The number of esters is 1. The number of aromatic nitrogens is 1. The number of carbonyl (C=O) groups is 1. The SMILES string of the molecule is CCOC(=O)c1ccc(NC(C)C2CCCO2)nc1. The normalized spacial score (nSPS) is 20.0. The van der Waals surface area contributed by atoms with Gasteiger partial charge in [0, 0.05) is 12.8 Å². The maximum atomic E-state index is 11.5. The number of pyridine rings is 1. The van der Waals surface area contributed by atoms with Crippen LogP contribution in [0.4, 0.5) is 5.82 Å². The molecule has 0 saturated carbocycles. The van der Waals surface area contributed by atoms with Crippen LogP contribution in [0, 0.1) is 0 Å². The van der Waals surface area contributed by atoms with E-state index in [2.05, 4.69) is 17.2 Å². The van der Waals surface area contributed by atoms with E-state index in [1.807, 2.05) is 0 Å². The van der Waals surface area contributed by atoms with E-state index in [0.717, 1.165) is 25.3 Å². The Hall–Kier alpha value is -1.62. The van der Waals surface area contributed by atoms with Gasteiger partial charge in [0.25, 0.3) is 0 Å². The van der Waals surface area contributed by atoms with Gasteiger partial charge in [-0.05, 0) is 38.8 Å². The molecule has 1 aromatic heterocycles. The minimum absolute atomic E-state index is 0.212. The molecule has 0 bridgehead atoms. The summed E-state index contributed by atoms with van der Waals surface area (Å²) >= 11 is 0. The molecule has 1 fully saturated rings. The molecule has 2 unspecified atom stereocenters. The zero-order chi connectivity index (χ0) is 13.7. The number of rotatable bonds is 5. The zero-order valence-electron chi connectivity index (χ0n) is 11.4. The molecule has 0 radical (unpaired) electrons. The van der Waals surface area contributed by atoms with Crippen molar-refractivity contribution < 1.29 is 14.3 Å². The van der Waals surface area contributed by atoms with E-state index in [1.54, 1.807) is 19.1 Å². The van der Waals surface area contributed by atoms with Crippen molar-refractivity contribution >= 4 is 11.8 Å². The second-order valence-corrected chi connectivity index (χ2v) is 4.64. The minimum Gasteiger partial charge on any atom is -0.462 e. The van der Waals surface area contributed by atoms with Gasteiger partial charge in [-0.25, -0.2) is 9.78 Å². The Morgan fingerprint density at radius 2 is 2.47 bits per heavy atom. The molecule has 0 aromatic carbocycles. The summed E-state index contributed by atoms with van der Waals surface area (Å²) in [4.78, 5) is 15.7. The van der Waals surface area contributed by atoms with Crippen molar-refractivity contribution in [3.05, 3.63) is 23.9 Å². The first-order valence-electron chi connectivity index (χ1n) is 6.72. The predicted molar refractivity (Wildman–Crippen MR) is 72.3 cm³/mol. The minimum atomic E-state index is -0.339. The lowest BCUT2D eigenvalue weighted by Gasteiger charge is -2.20. The average molecular weight is 264 g/mol. The summed E-state index contributed by atoms with van der Waals surface area (Å²) < 4.78 is 10.5. The van der Waals surface area contributed by atoms with Crippen LogP contribution in [0.15, 0.2) is 18.3 Å². The Morgan fingerprint density at radius 1 is 1.63 bits per heavy atom. The fraction of sp³-hybridized carbons (Fsp3) is 0.571. The Balaban J connectivity index is 1.92. The van der Waals surface area contributed by atoms with Gasteiger partial charge in [-0.15, -0.1) is 0 Å². The predicted octanol–water partition coefficient (Wildman–Crippen LogP) is 2.24. The molecular weight excluding hydrogens is 244 g/mol. The Kier molecular flexibility index (Phi) is 4.74. The van der Waals surface area contributed by atoms with Crippen LogP contribution in [0.2, 0.25) is 0 Å². The topological polar surface area (TPSA) is 60.5 Å². The lowest BCUT2D eigenvalue weighted by atomic mass is 10.1. The molecule has 104 valence electrons. The first-order chi connectivity index (χ1) is 9.20. The maximum Gasteiger partial charge on any atom is 0.339 e. The van der Waals surface area contributed by atoms with Crippen molar-refractivity contribution in [3.63, 3.8) is 0 Å². The third-order valence-corrected chi connectivity index (χ3v) is 3.17. The number of nitrogens with one attached hydrogen (secondary N) is 1. The number of nitrogens with zero attached hydrogens (tertiary/aromatic N) is 1.